The van der Waals surface area contributed by atoms with Gasteiger partial charge in [0.2, 0.25) is 11.8 Å². The van der Waals surface area contributed by atoms with E-state index in [9.17, 15) is 14.0 Å². The number of anilines is 2. The van der Waals surface area contributed by atoms with Crippen molar-refractivity contribution < 1.29 is 23.2 Å². The molecule has 0 aliphatic carbocycles. The van der Waals surface area contributed by atoms with Gasteiger partial charge in [0.15, 0.2) is 5.82 Å². The first-order chi connectivity index (χ1) is 13.0. The van der Waals surface area contributed by atoms with Gasteiger partial charge in [-0.1, -0.05) is 19.0 Å². The van der Waals surface area contributed by atoms with Crippen molar-refractivity contribution in [1.82, 2.24) is 10.1 Å². The Balaban J connectivity index is 1.94. The Morgan fingerprint density at radius 1 is 1.25 bits per heavy atom. The first kappa shape index (κ1) is 21.3. The number of nitrogens with one attached hydrogen (secondary N) is 2. The molecule has 0 aliphatic heterocycles. The quantitative estimate of drug-likeness (QED) is 0.761. The third-order valence-electron chi connectivity index (χ3n) is 3.45. The molecular formula is C19H25FN4O4. The van der Waals surface area contributed by atoms with Gasteiger partial charge < -0.3 is 14.6 Å². The van der Waals surface area contributed by atoms with Gasteiger partial charge in [-0.3, -0.25) is 10.1 Å². The third kappa shape index (κ3) is 6.64. The van der Waals surface area contributed by atoms with Crippen LogP contribution in [0.5, 0.6) is 0 Å². The van der Waals surface area contributed by atoms with Gasteiger partial charge in [-0.15, -0.1) is 0 Å². The second kappa shape index (κ2) is 8.81. The highest BCUT2D eigenvalue weighted by molar-refractivity contribution is 5.92. The van der Waals surface area contributed by atoms with Gasteiger partial charge in [-0.05, 0) is 39.0 Å². The number of nitrogens with zero attached hydrogens (tertiary/aromatic N) is 2. The van der Waals surface area contributed by atoms with Crippen molar-refractivity contribution in [2.75, 3.05) is 10.6 Å². The maximum absolute atomic E-state index is 13.9. The topological polar surface area (TPSA) is 106 Å². The zero-order chi connectivity index (χ0) is 20.9. The highest BCUT2D eigenvalue weighted by Gasteiger charge is 2.18. The molecule has 0 saturated carbocycles. The molecule has 0 fully saturated rings. The number of hydrogen-bond acceptors (Lipinski definition) is 6. The second-order valence-electron chi connectivity index (χ2n) is 7.57. The van der Waals surface area contributed by atoms with Crippen LogP contribution in [-0.4, -0.2) is 27.7 Å². The average molecular weight is 392 g/mol. The fourth-order valence-corrected chi connectivity index (χ4v) is 2.16. The predicted octanol–water partition coefficient (Wildman–Crippen LogP) is 4.25. The van der Waals surface area contributed by atoms with Crippen LogP contribution in [0.15, 0.2) is 22.7 Å². The van der Waals surface area contributed by atoms with Crippen LogP contribution < -0.4 is 10.6 Å². The summed E-state index contributed by atoms with van der Waals surface area (Å²) in [4.78, 5) is 28.1. The Hall–Kier alpha value is -2.97. The number of carbonyl (C=O) groups excluding carboxylic acids is 2. The molecule has 2 amide bonds. The first-order valence-electron chi connectivity index (χ1n) is 8.95. The van der Waals surface area contributed by atoms with Gasteiger partial charge in [0, 0.05) is 24.4 Å². The lowest BCUT2D eigenvalue weighted by molar-refractivity contribution is -0.116. The third-order valence-corrected chi connectivity index (χ3v) is 3.45. The molecule has 2 N–H and O–H groups in total. The monoisotopic (exact) mass is 392 g/mol. The molecule has 0 saturated heterocycles. The number of halogens is 1. The van der Waals surface area contributed by atoms with E-state index in [0.29, 0.717) is 17.4 Å². The Labute approximate surface area is 162 Å². The molecular weight excluding hydrogens is 367 g/mol. The SMILES string of the molecule is CC(C)c1noc(CCC(=O)Nc2ccc(F)c(NC(=O)OC(C)(C)C)c2)n1. The van der Waals surface area contributed by atoms with Crippen LogP contribution >= 0.6 is 0 Å². The predicted molar refractivity (Wildman–Crippen MR) is 102 cm³/mol. The van der Waals surface area contributed by atoms with E-state index in [-0.39, 0.29) is 30.4 Å². The molecule has 1 heterocycles. The molecule has 9 heteroatoms. The molecule has 152 valence electrons. The number of rotatable bonds is 6. The molecule has 1 aromatic carbocycles. The average Bonchev–Trinajstić information content (AvgIpc) is 3.03. The lowest BCUT2D eigenvalue weighted by Crippen LogP contribution is -2.27. The summed E-state index contributed by atoms with van der Waals surface area (Å²) < 4.78 is 24.1. The van der Waals surface area contributed by atoms with Crippen molar-refractivity contribution in [3.63, 3.8) is 0 Å². The Morgan fingerprint density at radius 2 is 1.96 bits per heavy atom. The lowest BCUT2D eigenvalue weighted by Gasteiger charge is -2.20. The molecule has 0 bridgehead atoms. The van der Waals surface area contributed by atoms with Gasteiger partial charge in [-0.25, -0.2) is 9.18 Å². The summed E-state index contributed by atoms with van der Waals surface area (Å²) in [7, 11) is 0. The van der Waals surface area contributed by atoms with Crippen LogP contribution in [0.25, 0.3) is 0 Å². The van der Waals surface area contributed by atoms with E-state index in [4.69, 9.17) is 9.26 Å². The van der Waals surface area contributed by atoms with Crippen LogP contribution in [0.1, 0.15) is 58.7 Å². The highest BCUT2D eigenvalue weighted by Crippen LogP contribution is 2.21. The number of hydrogen-bond donors (Lipinski definition) is 2. The van der Waals surface area contributed by atoms with Crippen molar-refractivity contribution in [2.24, 2.45) is 0 Å². The summed E-state index contributed by atoms with van der Waals surface area (Å²) in [6.07, 6.45) is -0.381. The van der Waals surface area contributed by atoms with E-state index >= 15 is 0 Å². The van der Waals surface area contributed by atoms with E-state index in [1.165, 1.54) is 12.1 Å². The van der Waals surface area contributed by atoms with E-state index in [0.717, 1.165) is 6.07 Å². The molecule has 28 heavy (non-hydrogen) atoms. The molecule has 0 atom stereocenters. The molecule has 0 unspecified atom stereocenters. The summed E-state index contributed by atoms with van der Waals surface area (Å²) in [6.45, 7) is 8.99. The van der Waals surface area contributed by atoms with Crippen LogP contribution in [0.3, 0.4) is 0 Å². The number of amides is 2. The zero-order valence-electron chi connectivity index (χ0n) is 16.6. The van der Waals surface area contributed by atoms with Gasteiger partial charge in [0.25, 0.3) is 0 Å². The fourth-order valence-electron chi connectivity index (χ4n) is 2.16. The van der Waals surface area contributed by atoms with E-state index in [1.54, 1.807) is 20.8 Å². The zero-order valence-corrected chi connectivity index (χ0v) is 16.6. The molecule has 1 aromatic heterocycles. The summed E-state index contributed by atoms with van der Waals surface area (Å²) in [5, 5.41) is 8.81. The minimum atomic E-state index is -0.785. The second-order valence-corrected chi connectivity index (χ2v) is 7.57. The number of benzene rings is 1. The van der Waals surface area contributed by atoms with E-state index in [1.807, 2.05) is 13.8 Å². The van der Waals surface area contributed by atoms with Crippen molar-refractivity contribution in [2.45, 2.75) is 59.0 Å². The summed E-state index contributed by atoms with van der Waals surface area (Å²) in [6, 6.07) is 3.87. The molecule has 0 spiro atoms. The van der Waals surface area contributed by atoms with Crippen molar-refractivity contribution >= 4 is 23.4 Å². The van der Waals surface area contributed by atoms with Gasteiger partial charge in [-0.2, -0.15) is 4.98 Å². The van der Waals surface area contributed by atoms with Crippen LogP contribution in [0, 0.1) is 5.82 Å². The number of carbonyl (C=O) groups is 2. The van der Waals surface area contributed by atoms with Gasteiger partial charge in [0.1, 0.15) is 11.4 Å². The summed E-state index contributed by atoms with van der Waals surface area (Å²) >= 11 is 0. The van der Waals surface area contributed by atoms with E-state index in [2.05, 4.69) is 20.8 Å². The first-order valence-corrected chi connectivity index (χ1v) is 8.95. The minimum Gasteiger partial charge on any atom is -0.444 e. The number of aryl methyl sites for hydroxylation is 1. The maximum Gasteiger partial charge on any atom is 0.412 e. The molecule has 8 nitrogen and oxygen atoms in total. The van der Waals surface area contributed by atoms with Crippen LogP contribution in [0.2, 0.25) is 0 Å². The lowest BCUT2D eigenvalue weighted by atomic mass is 10.2. The number of ether oxygens (including phenoxy) is 1. The molecule has 0 radical (unpaired) electrons. The van der Waals surface area contributed by atoms with Gasteiger partial charge in [0.05, 0.1) is 5.69 Å². The number of aromatic nitrogens is 2. The van der Waals surface area contributed by atoms with Gasteiger partial charge >= 0.3 is 6.09 Å². The standard InChI is InChI=1S/C19H25FN4O4/c1-11(2)17-23-16(28-24-17)9-8-15(25)21-12-6-7-13(20)14(10-12)22-18(26)27-19(3,4)5/h6-7,10-11H,8-9H2,1-5H3,(H,21,25)(H,22,26). The largest absolute Gasteiger partial charge is 0.444 e. The Bertz CT molecular complexity index is 843. The minimum absolute atomic E-state index is 0.0921. The molecule has 2 rings (SSSR count). The molecule has 2 aromatic rings. The van der Waals surface area contributed by atoms with Crippen LogP contribution in [0.4, 0.5) is 20.6 Å². The Kier molecular flexibility index (Phi) is 6.71. The summed E-state index contributed by atoms with van der Waals surface area (Å²) in [5.74, 6) is 0.161. The van der Waals surface area contributed by atoms with Crippen LogP contribution in [-0.2, 0) is 16.0 Å². The fraction of sp³-hybridized carbons (Fsp3) is 0.474. The van der Waals surface area contributed by atoms with Crippen molar-refractivity contribution in [1.29, 1.82) is 0 Å². The van der Waals surface area contributed by atoms with Crippen molar-refractivity contribution in [3.05, 3.63) is 35.7 Å². The normalized spacial score (nSPS) is 11.4. The van der Waals surface area contributed by atoms with Crippen molar-refractivity contribution in [3.8, 4) is 0 Å². The Morgan fingerprint density at radius 3 is 2.57 bits per heavy atom. The highest BCUT2D eigenvalue weighted by atomic mass is 19.1. The summed E-state index contributed by atoms with van der Waals surface area (Å²) in [5.41, 5.74) is -0.465. The van der Waals surface area contributed by atoms with E-state index < -0.39 is 17.5 Å². The maximum atomic E-state index is 13.9. The smallest absolute Gasteiger partial charge is 0.412 e. The molecule has 0 aliphatic rings.